The van der Waals surface area contributed by atoms with Crippen LogP contribution in [0.5, 0.6) is 5.75 Å². The van der Waals surface area contributed by atoms with E-state index in [1.54, 1.807) is 6.08 Å². The molecule has 0 N–H and O–H groups in total. The van der Waals surface area contributed by atoms with E-state index in [1.807, 2.05) is 11.9 Å². The summed E-state index contributed by atoms with van der Waals surface area (Å²) in [5.41, 5.74) is 0. The van der Waals surface area contributed by atoms with Gasteiger partial charge in [-0.1, -0.05) is 29.3 Å². The van der Waals surface area contributed by atoms with Gasteiger partial charge in [-0.25, -0.2) is 4.39 Å². The Morgan fingerprint density at radius 1 is 1.55 bits per heavy atom. The van der Waals surface area contributed by atoms with E-state index in [-0.39, 0.29) is 15.8 Å². The Morgan fingerprint density at radius 2 is 2.30 bits per heavy atom. The number of hydrogen-bond donors (Lipinski definition) is 0. The molecule has 1 aliphatic heterocycles. The summed E-state index contributed by atoms with van der Waals surface area (Å²) in [4.78, 5) is 6.36. The molecule has 0 fully saturated rings. The normalized spacial score (nSPS) is 16.0. The molecule has 1 unspecified atom stereocenters. The molecule has 1 aromatic carbocycles. The smallest absolute Gasteiger partial charge is 0.176 e. The summed E-state index contributed by atoms with van der Waals surface area (Å²) in [6, 6.07) is 2.63. The van der Waals surface area contributed by atoms with Gasteiger partial charge in [-0.2, -0.15) is 0 Å². The maximum absolute atomic E-state index is 13.9. The van der Waals surface area contributed by atoms with E-state index in [4.69, 9.17) is 27.9 Å². The SMILES string of the molecule is C=CCC(Oc1c(F)ccc(Cl)c1Cl)C1=NCCN1C. The van der Waals surface area contributed by atoms with Crippen LogP contribution >= 0.6 is 23.2 Å². The number of rotatable bonds is 5. The van der Waals surface area contributed by atoms with Gasteiger partial charge < -0.3 is 9.64 Å². The van der Waals surface area contributed by atoms with Gasteiger partial charge in [0.25, 0.3) is 0 Å². The van der Waals surface area contributed by atoms with Gasteiger partial charge in [0.1, 0.15) is 10.9 Å². The summed E-state index contributed by atoms with van der Waals surface area (Å²) in [5.74, 6) is 0.170. The Kier molecular flexibility index (Phi) is 4.89. The first kappa shape index (κ1) is 15.1. The zero-order valence-corrected chi connectivity index (χ0v) is 12.6. The molecule has 0 aliphatic carbocycles. The minimum Gasteiger partial charge on any atom is -0.477 e. The molecule has 0 spiro atoms. The van der Waals surface area contributed by atoms with Crippen LogP contribution in [0.15, 0.2) is 29.8 Å². The zero-order valence-electron chi connectivity index (χ0n) is 11.1. The summed E-state index contributed by atoms with van der Waals surface area (Å²) in [5, 5.41) is 0.323. The standard InChI is InChI=1S/C14H15Cl2FN2O/c1-3-4-11(14-18-7-8-19(14)2)20-13-10(17)6-5-9(15)12(13)16/h3,5-6,11H,1,4,7-8H2,2H3. The van der Waals surface area contributed by atoms with Crippen LogP contribution in [-0.2, 0) is 0 Å². The molecular weight excluding hydrogens is 302 g/mol. The molecule has 6 heteroatoms. The highest BCUT2D eigenvalue weighted by molar-refractivity contribution is 6.42. The first-order chi connectivity index (χ1) is 9.54. The van der Waals surface area contributed by atoms with Crippen molar-refractivity contribution in [3.05, 3.63) is 40.7 Å². The van der Waals surface area contributed by atoms with Crippen molar-refractivity contribution in [3.63, 3.8) is 0 Å². The number of nitrogens with zero attached hydrogens (tertiary/aromatic N) is 2. The Morgan fingerprint density at radius 3 is 2.90 bits per heavy atom. The van der Waals surface area contributed by atoms with E-state index in [9.17, 15) is 4.39 Å². The minimum atomic E-state index is -0.547. The average molecular weight is 317 g/mol. The molecule has 0 radical (unpaired) electrons. The maximum atomic E-state index is 13.9. The fraction of sp³-hybridized carbons (Fsp3) is 0.357. The molecule has 3 nitrogen and oxygen atoms in total. The van der Waals surface area contributed by atoms with Crippen LogP contribution in [0.25, 0.3) is 0 Å². The molecular formula is C14H15Cl2FN2O. The van der Waals surface area contributed by atoms with Gasteiger partial charge in [0.05, 0.1) is 11.6 Å². The van der Waals surface area contributed by atoms with Crippen molar-refractivity contribution in [1.29, 1.82) is 0 Å². The number of ether oxygens (including phenoxy) is 1. The van der Waals surface area contributed by atoms with E-state index in [1.165, 1.54) is 12.1 Å². The number of hydrogen-bond acceptors (Lipinski definition) is 3. The van der Waals surface area contributed by atoms with Gasteiger partial charge in [-0.3, -0.25) is 4.99 Å². The maximum Gasteiger partial charge on any atom is 0.176 e. The predicted octanol–water partition coefficient (Wildman–Crippen LogP) is 3.80. The largest absolute Gasteiger partial charge is 0.477 e. The second-order valence-corrected chi connectivity index (χ2v) is 5.25. The topological polar surface area (TPSA) is 24.8 Å². The highest BCUT2D eigenvalue weighted by atomic mass is 35.5. The monoisotopic (exact) mass is 316 g/mol. The molecule has 0 amide bonds. The lowest BCUT2D eigenvalue weighted by Crippen LogP contribution is -2.37. The second-order valence-electron chi connectivity index (χ2n) is 4.46. The van der Waals surface area contributed by atoms with Crippen LogP contribution in [0.1, 0.15) is 6.42 Å². The predicted molar refractivity (Wildman–Crippen MR) is 80.6 cm³/mol. The quantitative estimate of drug-likeness (QED) is 0.609. The van der Waals surface area contributed by atoms with Crippen molar-refractivity contribution >= 4 is 29.0 Å². The lowest BCUT2D eigenvalue weighted by Gasteiger charge is -2.24. The summed E-state index contributed by atoms with van der Waals surface area (Å²) < 4.78 is 19.6. The van der Waals surface area contributed by atoms with E-state index in [0.717, 1.165) is 12.4 Å². The molecule has 20 heavy (non-hydrogen) atoms. The van der Waals surface area contributed by atoms with Crippen LogP contribution in [0.2, 0.25) is 10.0 Å². The molecule has 0 bridgehead atoms. The van der Waals surface area contributed by atoms with Crippen LogP contribution in [0, 0.1) is 5.82 Å². The van der Waals surface area contributed by atoms with Gasteiger partial charge in [0.15, 0.2) is 17.7 Å². The zero-order chi connectivity index (χ0) is 14.7. The van der Waals surface area contributed by atoms with Crippen molar-refractivity contribution in [2.45, 2.75) is 12.5 Å². The fourth-order valence-corrected chi connectivity index (χ4v) is 2.36. The Bertz CT molecular complexity index is 548. The molecule has 1 aromatic rings. The van der Waals surface area contributed by atoms with E-state index in [0.29, 0.717) is 13.0 Å². The van der Waals surface area contributed by atoms with E-state index in [2.05, 4.69) is 11.6 Å². The molecule has 2 rings (SSSR count). The van der Waals surface area contributed by atoms with Crippen LogP contribution in [0.3, 0.4) is 0 Å². The molecule has 0 aromatic heterocycles. The lowest BCUT2D eigenvalue weighted by atomic mass is 10.2. The third-order valence-corrected chi connectivity index (χ3v) is 3.82. The molecule has 0 saturated heterocycles. The Labute approximate surface area is 127 Å². The van der Waals surface area contributed by atoms with Crippen LogP contribution < -0.4 is 4.74 Å². The third kappa shape index (κ3) is 3.07. The van der Waals surface area contributed by atoms with Crippen molar-refractivity contribution in [3.8, 4) is 5.75 Å². The summed E-state index contributed by atoms with van der Waals surface area (Å²) >= 11 is 11.9. The molecule has 0 saturated carbocycles. The number of amidine groups is 1. The molecule has 108 valence electrons. The number of likely N-dealkylation sites (N-methyl/N-ethyl adjacent to an activating group) is 1. The number of aliphatic imine (C=N–C) groups is 1. The highest BCUT2D eigenvalue weighted by Gasteiger charge is 2.26. The fourth-order valence-electron chi connectivity index (χ4n) is 2.01. The lowest BCUT2D eigenvalue weighted by molar-refractivity contribution is 0.245. The van der Waals surface area contributed by atoms with Gasteiger partial charge in [0, 0.05) is 20.0 Å². The third-order valence-electron chi connectivity index (χ3n) is 3.03. The van der Waals surface area contributed by atoms with Gasteiger partial charge >= 0.3 is 0 Å². The number of halogens is 3. The highest BCUT2D eigenvalue weighted by Crippen LogP contribution is 2.35. The minimum absolute atomic E-state index is 0.0472. The van der Waals surface area contributed by atoms with E-state index < -0.39 is 11.9 Å². The number of benzene rings is 1. The summed E-state index contributed by atoms with van der Waals surface area (Å²) in [6.45, 7) is 5.22. The Balaban J connectivity index is 2.29. The van der Waals surface area contributed by atoms with Crippen LogP contribution in [-0.4, -0.2) is 37.0 Å². The first-order valence-electron chi connectivity index (χ1n) is 6.21. The van der Waals surface area contributed by atoms with Crippen LogP contribution in [0.4, 0.5) is 4.39 Å². The van der Waals surface area contributed by atoms with Gasteiger partial charge in [-0.15, -0.1) is 6.58 Å². The Hall–Kier alpha value is -1.26. The van der Waals surface area contributed by atoms with Crippen molar-refractivity contribution in [2.75, 3.05) is 20.1 Å². The molecule has 1 aliphatic rings. The van der Waals surface area contributed by atoms with Crippen molar-refractivity contribution in [2.24, 2.45) is 4.99 Å². The van der Waals surface area contributed by atoms with E-state index >= 15 is 0 Å². The van der Waals surface area contributed by atoms with Gasteiger partial charge in [-0.05, 0) is 12.1 Å². The van der Waals surface area contributed by atoms with Gasteiger partial charge in [0.2, 0.25) is 0 Å². The summed E-state index contributed by atoms with van der Waals surface area (Å²) in [6.07, 6.45) is 1.78. The first-order valence-corrected chi connectivity index (χ1v) is 6.96. The average Bonchev–Trinajstić information content (AvgIpc) is 2.84. The van der Waals surface area contributed by atoms with Crippen molar-refractivity contribution in [1.82, 2.24) is 4.90 Å². The second kappa shape index (κ2) is 6.46. The molecule has 1 heterocycles. The molecule has 1 atom stereocenters. The summed E-state index contributed by atoms with van der Waals surface area (Å²) in [7, 11) is 1.92. The van der Waals surface area contributed by atoms with Crippen molar-refractivity contribution < 1.29 is 9.13 Å².